The van der Waals surface area contributed by atoms with Crippen LogP contribution in [0.1, 0.15) is 24.9 Å². The number of hydrogen-bond acceptors (Lipinski definition) is 3. The number of aliphatic imine (C=N–C) groups is 1. The Kier molecular flexibility index (Phi) is 7.21. The molecule has 1 aliphatic rings. The quantitative estimate of drug-likeness (QED) is 0.441. The largest absolute Gasteiger partial charge is 0.354 e. The van der Waals surface area contributed by atoms with E-state index in [1.807, 2.05) is 18.7 Å². The molecule has 0 saturated carbocycles. The molecule has 2 aromatic rings. The van der Waals surface area contributed by atoms with Gasteiger partial charge in [0.1, 0.15) is 5.82 Å². The molecule has 2 N–H and O–H groups in total. The van der Waals surface area contributed by atoms with Gasteiger partial charge in [0.25, 0.3) is 0 Å². The van der Waals surface area contributed by atoms with Gasteiger partial charge in [-0.1, -0.05) is 19.1 Å². The summed E-state index contributed by atoms with van der Waals surface area (Å²) in [6.45, 7) is 5.17. The summed E-state index contributed by atoms with van der Waals surface area (Å²) in [4.78, 5) is 22.9. The second kappa shape index (κ2) is 10.0. The predicted molar refractivity (Wildman–Crippen MR) is 111 cm³/mol. The molecule has 29 heavy (non-hydrogen) atoms. The zero-order chi connectivity index (χ0) is 20.6. The molecule has 7 nitrogen and oxygen atoms in total. The zero-order valence-electron chi connectivity index (χ0n) is 17.0. The fourth-order valence-corrected chi connectivity index (χ4v) is 3.65. The summed E-state index contributed by atoms with van der Waals surface area (Å²) in [5, 5.41) is 6.22. The van der Waals surface area contributed by atoms with Gasteiger partial charge in [-0.3, -0.25) is 9.79 Å². The highest BCUT2D eigenvalue weighted by atomic mass is 19.1. The van der Waals surface area contributed by atoms with Crippen LogP contribution < -0.4 is 10.6 Å². The smallest absolute Gasteiger partial charge is 0.224 e. The van der Waals surface area contributed by atoms with Gasteiger partial charge >= 0.3 is 0 Å². The molecule has 1 fully saturated rings. The van der Waals surface area contributed by atoms with Crippen molar-refractivity contribution in [2.75, 3.05) is 33.2 Å². The number of nitrogens with one attached hydrogen (secondary N) is 2. The van der Waals surface area contributed by atoms with Crippen LogP contribution >= 0.6 is 0 Å². The summed E-state index contributed by atoms with van der Waals surface area (Å²) in [6, 6.07) is 6.35. The van der Waals surface area contributed by atoms with E-state index in [1.54, 1.807) is 19.2 Å². The van der Waals surface area contributed by atoms with Crippen LogP contribution in [0.5, 0.6) is 0 Å². The third-order valence-corrected chi connectivity index (χ3v) is 5.35. The SMILES string of the molecule is CN=C(NCCNC(=O)Cc1ccc(F)cc1)N1CCC(C)C(n2ccnc2)C1. The Morgan fingerprint density at radius 2 is 2.03 bits per heavy atom. The number of guanidine groups is 1. The van der Waals surface area contributed by atoms with E-state index in [9.17, 15) is 9.18 Å². The first-order chi connectivity index (χ1) is 14.1. The van der Waals surface area contributed by atoms with Crippen molar-refractivity contribution in [3.8, 4) is 0 Å². The summed E-state index contributed by atoms with van der Waals surface area (Å²) >= 11 is 0. The van der Waals surface area contributed by atoms with Crippen molar-refractivity contribution >= 4 is 11.9 Å². The maximum Gasteiger partial charge on any atom is 0.224 e. The zero-order valence-corrected chi connectivity index (χ0v) is 17.0. The number of amides is 1. The van der Waals surface area contributed by atoms with E-state index >= 15 is 0 Å². The molecule has 3 rings (SSSR count). The minimum atomic E-state index is -0.299. The van der Waals surface area contributed by atoms with Crippen molar-refractivity contribution in [3.63, 3.8) is 0 Å². The van der Waals surface area contributed by atoms with Crippen LogP contribution in [0.2, 0.25) is 0 Å². The lowest BCUT2D eigenvalue weighted by atomic mass is 9.93. The van der Waals surface area contributed by atoms with Crippen LogP contribution in [0.3, 0.4) is 0 Å². The van der Waals surface area contributed by atoms with E-state index in [1.165, 1.54) is 12.1 Å². The van der Waals surface area contributed by atoms with Crippen molar-refractivity contribution in [1.82, 2.24) is 25.1 Å². The summed E-state index contributed by atoms with van der Waals surface area (Å²) in [5.41, 5.74) is 0.792. The summed E-state index contributed by atoms with van der Waals surface area (Å²) in [7, 11) is 1.78. The molecule has 1 amide bonds. The lowest BCUT2D eigenvalue weighted by Crippen LogP contribution is -2.50. The molecule has 0 radical (unpaired) electrons. The molecule has 156 valence electrons. The number of halogens is 1. The maximum atomic E-state index is 12.9. The number of nitrogens with zero attached hydrogens (tertiary/aromatic N) is 4. The van der Waals surface area contributed by atoms with Crippen molar-refractivity contribution in [2.45, 2.75) is 25.8 Å². The Labute approximate surface area is 171 Å². The number of imidazole rings is 1. The number of rotatable bonds is 6. The number of benzene rings is 1. The predicted octanol–water partition coefficient (Wildman–Crippen LogP) is 1.84. The van der Waals surface area contributed by atoms with E-state index < -0.39 is 0 Å². The fraction of sp³-hybridized carbons (Fsp3) is 0.476. The molecule has 2 heterocycles. The van der Waals surface area contributed by atoms with Gasteiger partial charge in [-0.15, -0.1) is 0 Å². The van der Waals surface area contributed by atoms with Crippen molar-refractivity contribution in [2.24, 2.45) is 10.9 Å². The lowest BCUT2D eigenvalue weighted by molar-refractivity contribution is -0.120. The highest BCUT2D eigenvalue weighted by Gasteiger charge is 2.28. The normalized spacial score (nSPS) is 19.8. The minimum absolute atomic E-state index is 0.0830. The van der Waals surface area contributed by atoms with E-state index in [0.717, 1.165) is 31.0 Å². The Bertz CT molecular complexity index is 805. The first-order valence-corrected chi connectivity index (χ1v) is 10.0. The van der Waals surface area contributed by atoms with Gasteiger partial charge in [-0.2, -0.15) is 0 Å². The van der Waals surface area contributed by atoms with Crippen LogP contribution in [0.25, 0.3) is 0 Å². The van der Waals surface area contributed by atoms with Crippen molar-refractivity contribution in [1.29, 1.82) is 0 Å². The molecule has 1 aromatic carbocycles. The van der Waals surface area contributed by atoms with E-state index in [4.69, 9.17) is 0 Å². The van der Waals surface area contributed by atoms with Gasteiger partial charge in [0.2, 0.25) is 5.91 Å². The van der Waals surface area contributed by atoms with Crippen LogP contribution in [-0.4, -0.2) is 59.5 Å². The third-order valence-electron chi connectivity index (χ3n) is 5.35. The third kappa shape index (κ3) is 5.79. The number of carbonyl (C=O) groups is 1. The molecule has 2 atom stereocenters. The van der Waals surface area contributed by atoms with Crippen LogP contribution in [0, 0.1) is 11.7 Å². The Morgan fingerprint density at radius 3 is 2.72 bits per heavy atom. The second-order valence-corrected chi connectivity index (χ2v) is 7.42. The number of hydrogen-bond donors (Lipinski definition) is 2. The van der Waals surface area contributed by atoms with Crippen molar-refractivity contribution in [3.05, 3.63) is 54.4 Å². The summed E-state index contributed by atoms with van der Waals surface area (Å²) < 4.78 is 15.1. The van der Waals surface area contributed by atoms with Gasteiger partial charge in [0.15, 0.2) is 5.96 Å². The van der Waals surface area contributed by atoms with E-state index in [2.05, 4.69) is 37.0 Å². The summed E-state index contributed by atoms with van der Waals surface area (Å²) in [6.07, 6.45) is 7.02. The number of piperidine rings is 1. The Balaban J connectivity index is 1.43. The molecular weight excluding hydrogens is 371 g/mol. The van der Waals surface area contributed by atoms with Gasteiger partial charge < -0.3 is 20.1 Å². The van der Waals surface area contributed by atoms with Crippen LogP contribution in [0.4, 0.5) is 4.39 Å². The first-order valence-electron chi connectivity index (χ1n) is 10.0. The fourth-order valence-electron chi connectivity index (χ4n) is 3.65. The van der Waals surface area contributed by atoms with Gasteiger partial charge in [-0.05, 0) is 30.0 Å². The van der Waals surface area contributed by atoms with Crippen LogP contribution in [0.15, 0.2) is 48.0 Å². The van der Waals surface area contributed by atoms with E-state index in [-0.39, 0.29) is 18.1 Å². The van der Waals surface area contributed by atoms with Gasteiger partial charge in [-0.25, -0.2) is 9.37 Å². The topological polar surface area (TPSA) is 74.6 Å². The molecule has 1 aromatic heterocycles. The molecule has 0 bridgehead atoms. The molecule has 8 heteroatoms. The summed E-state index contributed by atoms with van der Waals surface area (Å²) in [5.74, 6) is 1.03. The minimum Gasteiger partial charge on any atom is -0.354 e. The second-order valence-electron chi connectivity index (χ2n) is 7.42. The maximum absolute atomic E-state index is 12.9. The average molecular weight is 401 g/mol. The van der Waals surface area contributed by atoms with Gasteiger partial charge in [0, 0.05) is 45.6 Å². The monoisotopic (exact) mass is 400 g/mol. The van der Waals surface area contributed by atoms with E-state index in [0.29, 0.717) is 25.0 Å². The molecule has 1 aliphatic heterocycles. The Hall–Kier alpha value is -2.90. The van der Waals surface area contributed by atoms with Gasteiger partial charge in [0.05, 0.1) is 18.8 Å². The molecule has 1 saturated heterocycles. The van der Waals surface area contributed by atoms with Crippen LogP contribution in [-0.2, 0) is 11.2 Å². The number of aromatic nitrogens is 2. The molecule has 2 unspecified atom stereocenters. The lowest BCUT2D eigenvalue weighted by Gasteiger charge is -2.39. The Morgan fingerprint density at radius 1 is 1.28 bits per heavy atom. The highest BCUT2D eigenvalue weighted by molar-refractivity contribution is 5.80. The molecular formula is C21H29FN6O. The highest BCUT2D eigenvalue weighted by Crippen LogP contribution is 2.27. The first kappa shape index (κ1) is 20.8. The molecule has 0 spiro atoms. The average Bonchev–Trinajstić information content (AvgIpc) is 3.25. The number of likely N-dealkylation sites (tertiary alicyclic amines) is 1. The molecule has 0 aliphatic carbocycles. The number of carbonyl (C=O) groups excluding carboxylic acids is 1. The standard InChI is InChI=1S/C21H29FN6O/c1-16-7-11-27(14-19(16)28-12-10-24-15-28)21(23-2)26-9-8-25-20(29)13-17-3-5-18(22)6-4-17/h3-6,10,12,15-16,19H,7-9,11,13-14H2,1-2H3,(H,23,26)(H,25,29). The van der Waals surface area contributed by atoms with Crippen molar-refractivity contribution < 1.29 is 9.18 Å².